The Morgan fingerprint density at radius 1 is 1.00 bits per heavy atom. The minimum atomic E-state index is 0.294. The van der Waals surface area contributed by atoms with E-state index in [4.69, 9.17) is 11.6 Å². The zero-order valence-corrected chi connectivity index (χ0v) is 13.2. The molecular weight excluding hydrogens is 300 g/mol. The molecule has 0 atom stereocenters. The highest BCUT2D eigenvalue weighted by atomic mass is 35.5. The van der Waals surface area contributed by atoms with Crippen molar-refractivity contribution in [2.24, 2.45) is 0 Å². The third kappa shape index (κ3) is 3.29. The maximum absolute atomic E-state index is 9.35. The Hall–Kier alpha value is -1.77. The highest BCUT2D eigenvalue weighted by Crippen LogP contribution is 2.31. The summed E-state index contributed by atoms with van der Waals surface area (Å²) in [4.78, 5) is 2.49. The molecule has 3 aromatic rings. The summed E-state index contributed by atoms with van der Waals surface area (Å²) in [6.07, 6.45) is 0.850. The summed E-state index contributed by atoms with van der Waals surface area (Å²) < 4.78 is 0. The molecule has 1 aromatic heterocycles. The Labute approximate surface area is 133 Å². The quantitative estimate of drug-likeness (QED) is 0.660. The molecule has 0 aliphatic heterocycles. The molecule has 0 fully saturated rings. The van der Waals surface area contributed by atoms with Crippen LogP contribution in [0.2, 0.25) is 5.02 Å². The maximum Gasteiger partial charge on any atom is 0.115 e. The number of rotatable bonds is 3. The number of aromatic hydroxyl groups is 1. The number of thiophene rings is 1. The first kappa shape index (κ1) is 14.2. The Kier molecular flexibility index (Phi) is 4.00. The molecule has 0 spiro atoms. The van der Waals surface area contributed by atoms with Crippen LogP contribution in [-0.4, -0.2) is 5.11 Å². The summed E-state index contributed by atoms with van der Waals surface area (Å²) in [5.41, 5.74) is 3.51. The van der Waals surface area contributed by atoms with Crippen LogP contribution in [0.15, 0.2) is 54.6 Å². The second-order valence-electron chi connectivity index (χ2n) is 5.08. The van der Waals surface area contributed by atoms with E-state index in [1.807, 2.05) is 24.3 Å². The molecule has 1 N–H and O–H groups in total. The second-order valence-corrected chi connectivity index (χ2v) is 6.66. The summed E-state index contributed by atoms with van der Waals surface area (Å²) in [5, 5.41) is 10.2. The molecule has 1 nitrogen and oxygen atoms in total. The van der Waals surface area contributed by atoms with Crippen LogP contribution in [0, 0.1) is 6.92 Å². The minimum absolute atomic E-state index is 0.294. The SMILES string of the molecule is Cc1ccc(Cl)c(Cc2ccc(-c3ccc(O)cc3)s2)c1. The third-order valence-electron chi connectivity index (χ3n) is 3.38. The molecule has 0 saturated heterocycles. The van der Waals surface area contributed by atoms with Crippen molar-refractivity contribution in [3.05, 3.63) is 75.6 Å². The van der Waals surface area contributed by atoms with Crippen LogP contribution in [-0.2, 0) is 6.42 Å². The van der Waals surface area contributed by atoms with Crippen LogP contribution in [0.1, 0.15) is 16.0 Å². The van der Waals surface area contributed by atoms with Crippen LogP contribution in [0.4, 0.5) is 0 Å². The normalized spacial score (nSPS) is 10.8. The van der Waals surface area contributed by atoms with Crippen LogP contribution >= 0.6 is 22.9 Å². The first-order valence-electron chi connectivity index (χ1n) is 6.75. The lowest BCUT2D eigenvalue weighted by Gasteiger charge is -2.04. The molecule has 21 heavy (non-hydrogen) atoms. The van der Waals surface area contributed by atoms with Gasteiger partial charge in [-0.05, 0) is 60.5 Å². The summed E-state index contributed by atoms with van der Waals surface area (Å²) in [5.74, 6) is 0.294. The number of hydrogen-bond donors (Lipinski definition) is 1. The van der Waals surface area contributed by atoms with E-state index < -0.39 is 0 Å². The van der Waals surface area contributed by atoms with Gasteiger partial charge in [-0.25, -0.2) is 0 Å². The number of aryl methyl sites for hydroxylation is 1. The van der Waals surface area contributed by atoms with Crippen molar-refractivity contribution in [1.82, 2.24) is 0 Å². The lowest BCUT2D eigenvalue weighted by atomic mass is 10.1. The van der Waals surface area contributed by atoms with Crippen molar-refractivity contribution in [3.63, 3.8) is 0 Å². The van der Waals surface area contributed by atoms with Crippen molar-refractivity contribution in [2.45, 2.75) is 13.3 Å². The molecule has 0 bridgehead atoms. The number of phenols is 1. The number of halogens is 1. The maximum atomic E-state index is 9.35. The predicted octanol–water partition coefficient (Wildman–Crippen LogP) is 5.67. The van der Waals surface area contributed by atoms with Gasteiger partial charge in [0.15, 0.2) is 0 Å². The van der Waals surface area contributed by atoms with Crippen molar-refractivity contribution in [1.29, 1.82) is 0 Å². The van der Waals surface area contributed by atoms with Crippen molar-refractivity contribution >= 4 is 22.9 Å². The molecule has 0 saturated carbocycles. The van der Waals surface area contributed by atoms with Gasteiger partial charge in [0.25, 0.3) is 0 Å². The van der Waals surface area contributed by atoms with E-state index in [2.05, 4.69) is 25.1 Å². The van der Waals surface area contributed by atoms with Crippen LogP contribution < -0.4 is 0 Å². The Morgan fingerprint density at radius 2 is 1.76 bits per heavy atom. The van der Waals surface area contributed by atoms with Crippen LogP contribution in [0.5, 0.6) is 5.75 Å². The topological polar surface area (TPSA) is 20.2 Å². The van der Waals surface area contributed by atoms with Gasteiger partial charge in [-0.15, -0.1) is 11.3 Å². The van der Waals surface area contributed by atoms with E-state index in [-0.39, 0.29) is 0 Å². The predicted molar refractivity (Wildman–Crippen MR) is 90.4 cm³/mol. The molecule has 1 heterocycles. The zero-order valence-electron chi connectivity index (χ0n) is 11.6. The highest BCUT2D eigenvalue weighted by molar-refractivity contribution is 7.15. The van der Waals surface area contributed by atoms with Gasteiger partial charge in [0.1, 0.15) is 5.75 Å². The van der Waals surface area contributed by atoms with Gasteiger partial charge in [-0.3, -0.25) is 0 Å². The molecule has 3 rings (SSSR count). The monoisotopic (exact) mass is 314 g/mol. The van der Waals surface area contributed by atoms with Crippen molar-refractivity contribution in [3.8, 4) is 16.2 Å². The van der Waals surface area contributed by atoms with Gasteiger partial charge in [-0.2, -0.15) is 0 Å². The number of benzene rings is 2. The Bertz CT molecular complexity index is 759. The molecule has 3 heteroatoms. The summed E-state index contributed by atoms with van der Waals surface area (Å²) in [6.45, 7) is 2.08. The standard InChI is InChI=1S/C18H15ClOS/c1-12-2-8-17(19)14(10-12)11-16-7-9-18(21-16)13-3-5-15(20)6-4-13/h2-10,20H,11H2,1H3. The van der Waals surface area contributed by atoms with Gasteiger partial charge >= 0.3 is 0 Å². The summed E-state index contributed by atoms with van der Waals surface area (Å²) in [6, 6.07) is 17.7. The fraction of sp³-hybridized carbons (Fsp3) is 0.111. The second kappa shape index (κ2) is 5.92. The molecule has 0 unspecified atom stereocenters. The Balaban J connectivity index is 1.85. The molecule has 2 aromatic carbocycles. The van der Waals surface area contributed by atoms with E-state index in [0.29, 0.717) is 5.75 Å². The first-order valence-corrected chi connectivity index (χ1v) is 7.94. The van der Waals surface area contributed by atoms with Gasteiger partial charge in [0.05, 0.1) is 0 Å². The van der Waals surface area contributed by atoms with Gasteiger partial charge in [0.2, 0.25) is 0 Å². The lowest BCUT2D eigenvalue weighted by molar-refractivity contribution is 0.475. The van der Waals surface area contributed by atoms with Crippen LogP contribution in [0.3, 0.4) is 0 Å². The Morgan fingerprint density at radius 3 is 2.52 bits per heavy atom. The fourth-order valence-electron chi connectivity index (χ4n) is 2.28. The first-order chi connectivity index (χ1) is 10.1. The van der Waals surface area contributed by atoms with Crippen molar-refractivity contribution in [2.75, 3.05) is 0 Å². The van der Waals surface area contributed by atoms with Crippen LogP contribution in [0.25, 0.3) is 10.4 Å². The molecule has 0 aliphatic carbocycles. The van der Waals surface area contributed by atoms with Gasteiger partial charge < -0.3 is 5.11 Å². The molecule has 0 aliphatic rings. The number of phenolic OH excluding ortho intramolecular Hbond substituents is 1. The van der Waals surface area contributed by atoms with Gasteiger partial charge in [-0.1, -0.05) is 29.3 Å². The minimum Gasteiger partial charge on any atom is -0.508 e. The number of hydrogen-bond acceptors (Lipinski definition) is 2. The van der Waals surface area contributed by atoms with Crippen molar-refractivity contribution < 1.29 is 5.11 Å². The van der Waals surface area contributed by atoms with E-state index in [1.165, 1.54) is 15.3 Å². The molecule has 0 radical (unpaired) electrons. The summed E-state index contributed by atoms with van der Waals surface area (Å²) >= 11 is 8.03. The van der Waals surface area contributed by atoms with E-state index >= 15 is 0 Å². The van der Waals surface area contributed by atoms with E-state index in [9.17, 15) is 5.11 Å². The largest absolute Gasteiger partial charge is 0.508 e. The van der Waals surface area contributed by atoms with E-state index in [1.54, 1.807) is 23.5 Å². The zero-order chi connectivity index (χ0) is 14.8. The fourth-order valence-corrected chi connectivity index (χ4v) is 3.50. The average Bonchev–Trinajstić information content (AvgIpc) is 2.92. The van der Waals surface area contributed by atoms with E-state index in [0.717, 1.165) is 22.6 Å². The summed E-state index contributed by atoms with van der Waals surface area (Å²) in [7, 11) is 0. The molecule has 0 amide bonds. The highest BCUT2D eigenvalue weighted by Gasteiger charge is 2.07. The molecule has 106 valence electrons. The lowest BCUT2D eigenvalue weighted by Crippen LogP contribution is -1.87. The third-order valence-corrected chi connectivity index (χ3v) is 4.88. The molecular formula is C18H15ClOS. The van der Waals surface area contributed by atoms with Gasteiger partial charge in [0, 0.05) is 21.2 Å². The smallest absolute Gasteiger partial charge is 0.115 e. The average molecular weight is 315 g/mol.